The van der Waals surface area contributed by atoms with E-state index in [1.807, 2.05) is 90.6 Å². The van der Waals surface area contributed by atoms with Crippen LogP contribution in [-0.2, 0) is 18.6 Å². The lowest BCUT2D eigenvalue weighted by Crippen LogP contribution is -2.04. The van der Waals surface area contributed by atoms with E-state index in [1.54, 1.807) is 60.3 Å². The third kappa shape index (κ3) is 22.5. The van der Waals surface area contributed by atoms with Crippen LogP contribution in [0, 0.1) is 0 Å². The number of benzene rings is 11. The van der Waals surface area contributed by atoms with E-state index in [-0.39, 0.29) is 34.4 Å². The predicted octanol–water partition coefficient (Wildman–Crippen LogP) is 18.7. The van der Waals surface area contributed by atoms with Gasteiger partial charge in [-0.15, -0.1) is 11.8 Å². The molecule has 0 aromatic heterocycles. The number of halogens is 1. The molecule has 0 radical (unpaired) electrons. The number of nitrogen functional groups attached to an aromatic ring is 1. The second kappa shape index (κ2) is 35.4. The van der Waals surface area contributed by atoms with Crippen molar-refractivity contribution in [2.45, 2.75) is 40.2 Å². The summed E-state index contributed by atoms with van der Waals surface area (Å²) in [5.41, 5.74) is 13.1. The van der Waals surface area contributed by atoms with Crippen LogP contribution in [0.4, 0.5) is 5.69 Å². The summed E-state index contributed by atoms with van der Waals surface area (Å²) in [6, 6.07) is 99.4. The van der Waals surface area contributed by atoms with E-state index in [9.17, 15) is 14.4 Å². The first-order valence-electron chi connectivity index (χ1n) is 26.4. The van der Waals surface area contributed by atoms with Gasteiger partial charge < -0.3 is 15.9 Å². The van der Waals surface area contributed by atoms with Crippen LogP contribution in [0.5, 0.6) is 11.5 Å². The molecule has 0 aliphatic heterocycles. The number of anilines is 1. The van der Waals surface area contributed by atoms with Gasteiger partial charge in [0.25, 0.3) is 0 Å². The van der Waals surface area contributed by atoms with Gasteiger partial charge in [-0.05, 0) is 109 Å². The first-order valence-corrected chi connectivity index (χ1v) is 28.6. The minimum Gasteiger partial charge on any atom is -0.508 e. The van der Waals surface area contributed by atoms with E-state index in [1.165, 1.54) is 50.4 Å². The van der Waals surface area contributed by atoms with Gasteiger partial charge in [0.1, 0.15) is 11.5 Å². The molecular formula is C73H64ClNO5S2. The summed E-state index contributed by atoms with van der Waals surface area (Å²) >= 11 is 9.61. The average molecular weight is 1130 g/mol. The van der Waals surface area contributed by atoms with Gasteiger partial charge >= 0.3 is 0 Å². The van der Waals surface area contributed by atoms with Crippen molar-refractivity contribution >= 4 is 58.2 Å². The fourth-order valence-electron chi connectivity index (χ4n) is 7.61. The van der Waals surface area contributed by atoms with Crippen molar-refractivity contribution in [1.82, 2.24) is 0 Å². The van der Waals surface area contributed by atoms with Crippen molar-refractivity contribution in [2.24, 2.45) is 0 Å². The van der Waals surface area contributed by atoms with Crippen LogP contribution in [0.1, 0.15) is 65.8 Å². The first kappa shape index (κ1) is 62.0. The van der Waals surface area contributed by atoms with Gasteiger partial charge in [0.2, 0.25) is 0 Å². The number of carbonyl (C=O) groups excluding carboxylic acids is 3. The van der Waals surface area contributed by atoms with E-state index < -0.39 is 0 Å². The zero-order valence-corrected chi connectivity index (χ0v) is 47.8. The smallest absolute Gasteiger partial charge is 0.195 e. The van der Waals surface area contributed by atoms with Crippen LogP contribution in [0.3, 0.4) is 0 Å². The quantitative estimate of drug-likeness (QED) is 0.0594. The number of hydrogen-bond acceptors (Lipinski definition) is 8. The number of ketones is 3. The van der Waals surface area contributed by atoms with E-state index in [4.69, 9.17) is 27.5 Å². The van der Waals surface area contributed by atoms with Crippen molar-refractivity contribution in [2.75, 3.05) is 5.73 Å². The van der Waals surface area contributed by atoms with Gasteiger partial charge in [-0.3, -0.25) is 14.4 Å². The molecule has 0 aliphatic rings. The molecule has 0 fully saturated rings. The van der Waals surface area contributed by atoms with Crippen LogP contribution >= 0.6 is 35.1 Å². The molecule has 0 saturated carbocycles. The zero-order valence-electron chi connectivity index (χ0n) is 45.5. The fourth-order valence-corrected chi connectivity index (χ4v) is 9.56. The number of phenols is 2. The van der Waals surface area contributed by atoms with Crippen molar-refractivity contribution in [3.8, 4) is 11.5 Å². The Bertz CT molecular complexity index is 3300. The molecule has 9 heteroatoms. The third-order valence-corrected chi connectivity index (χ3v) is 14.3. The lowest BCUT2D eigenvalue weighted by atomic mass is 10.0. The highest BCUT2D eigenvalue weighted by atomic mass is 35.5. The normalized spacial score (nSPS) is 9.88. The van der Waals surface area contributed by atoms with Gasteiger partial charge in [0.15, 0.2) is 17.3 Å². The Kier molecular flexibility index (Phi) is 26.8. The number of aryl methyl sites for hydroxylation is 2. The SMILES string of the molecule is CC(=O)c1ccc(O)cc1O.Nc1ccccc1C(=O)c1ccccc1.O=C(c1ccccc1)c1ccccc1Cl.c1ccc(CCc2ccccc2)cc1.c1ccc(CSc2ccccc2)cc1.c1ccc(Sc2ccccc2)cc1. The van der Waals surface area contributed by atoms with Crippen LogP contribution in [0.2, 0.25) is 5.02 Å². The van der Waals surface area contributed by atoms with Crippen LogP contribution in [0.15, 0.2) is 324 Å². The summed E-state index contributed by atoms with van der Waals surface area (Å²) in [5, 5.41) is 18.4. The standard InChI is InChI=1S/C14H14.C13H9ClO.C13H11NO.C13H12S.C12H10S.C8H8O3/c1-3-7-13(8-4-1)11-12-14-9-5-2-6-10-14;2*14-12-9-5-4-8-11(12)13(15)10-6-2-1-3-7-10;1-3-7-12(8-4-1)11-14-13-9-5-2-6-10-13;1-3-7-11(8-4-1)13-12-9-5-2-6-10-12;1-5(9)7-3-2-6(10)4-8(7)11/h1-10H,11-12H2;1-9H;1-9H,14H2;1-10H,11H2;1-10H;2-4,10-11H,1H3. The van der Waals surface area contributed by atoms with Gasteiger partial charge in [0, 0.05) is 54.4 Å². The van der Waals surface area contributed by atoms with Gasteiger partial charge in [-0.1, -0.05) is 254 Å². The number of aromatic hydroxyl groups is 2. The minimum absolute atomic E-state index is 0.0336. The van der Waals surface area contributed by atoms with Crippen LogP contribution in [0.25, 0.3) is 0 Å². The molecule has 11 aromatic carbocycles. The Hall–Kier alpha value is -9.18. The van der Waals surface area contributed by atoms with E-state index in [0.29, 0.717) is 33.0 Å². The maximum atomic E-state index is 12.0. The predicted molar refractivity (Wildman–Crippen MR) is 342 cm³/mol. The lowest BCUT2D eigenvalue weighted by molar-refractivity contribution is 0.101. The number of rotatable bonds is 13. The Morgan fingerprint density at radius 1 is 0.390 bits per heavy atom. The Morgan fingerprint density at radius 3 is 1.16 bits per heavy atom. The highest BCUT2D eigenvalue weighted by molar-refractivity contribution is 7.99. The van der Waals surface area contributed by atoms with Crippen LogP contribution in [-0.4, -0.2) is 27.6 Å². The van der Waals surface area contributed by atoms with Crippen molar-refractivity contribution in [3.63, 3.8) is 0 Å². The molecular weight excluding hydrogens is 1070 g/mol. The molecule has 11 rings (SSSR count). The highest BCUT2D eigenvalue weighted by Crippen LogP contribution is 2.27. The van der Waals surface area contributed by atoms with Gasteiger partial charge in [0.05, 0.1) is 10.6 Å². The summed E-state index contributed by atoms with van der Waals surface area (Å²) in [4.78, 5) is 38.6. The molecule has 6 nitrogen and oxygen atoms in total. The molecule has 0 saturated heterocycles. The Morgan fingerprint density at radius 2 is 0.744 bits per heavy atom. The summed E-state index contributed by atoms with van der Waals surface area (Å²) in [7, 11) is 0. The summed E-state index contributed by atoms with van der Waals surface area (Å²) in [5.74, 6) is 0.521. The van der Waals surface area contributed by atoms with Gasteiger partial charge in [-0.25, -0.2) is 0 Å². The van der Waals surface area contributed by atoms with E-state index in [2.05, 4.69) is 164 Å². The lowest BCUT2D eigenvalue weighted by Gasteiger charge is -2.03. The summed E-state index contributed by atoms with van der Waals surface area (Å²) in [6.45, 7) is 1.35. The Labute approximate surface area is 496 Å². The number of nitrogens with two attached hydrogens (primary N) is 1. The largest absolute Gasteiger partial charge is 0.508 e. The summed E-state index contributed by atoms with van der Waals surface area (Å²) in [6.07, 6.45) is 2.26. The third-order valence-electron chi connectivity index (χ3n) is 11.9. The number of carbonyl (C=O) groups is 3. The fraction of sp³-hybridized carbons (Fsp3) is 0.0548. The topological polar surface area (TPSA) is 118 Å². The molecule has 0 atom stereocenters. The number of Topliss-reactive ketones (excluding diaryl/α,β-unsaturated/α-hetero) is 1. The number of thioether (sulfide) groups is 1. The van der Waals surface area contributed by atoms with Crippen molar-refractivity contribution in [1.29, 1.82) is 0 Å². The van der Waals surface area contributed by atoms with Gasteiger partial charge in [-0.2, -0.15) is 0 Å². The number of hydrogen-bond donors (Lipinski definition) is 3. The van der Waals surface area contributed by atoms with Crippen molar-refractivity contribution < 1.29 is 24.6 Å². The van der Waals surface area contributed by atoms with Crippen molar-refractivity contribution in [3.05, 3.63) is 359 Å². The molecule has 0 spiro atoms. The molecule has 4 N–H and O–H groups in total. The molecule has 0 heterocycles. The average Bonchev–Trinajstić information content (AvgIpc) is 3.61. The second-order valence-corrected chi connectivity index (χ2v) is 20.6. The first-order chi connectivity index (χ1) is 40.0. The summed E-state index contributed by atoms with van der Waals surface area (Å²) < 4.78 is 0. The molecule has 11 aromatic rings. The number of phenolic OH excluding ortho intramolecular Hbond substituents is 2. The molecule has 0 unspecified atom stereocenters. The maximum absolute atomic E-state index is 12.0. The molecule has 82 heavy (non-hydrogen) atoms. The molecule has 0 aliphatic carbocycles. The monoisotopic (exact) mass is 1130 g/mol. The number of para-hydroxylation sites is 1. The highest BCUT2D eigenvalue weighted by Gasteiger charge is 2.12. The molecule has 0 amide bonds. The maximum Gasteiger partial charge on any atom is 0.195 e. The second-order valence-electron chi connectivity index (χ2n) is 18.0. The zero-order chi connectivity index (χ0) is 58.0. The Balaban J connectivity index is 0.000000159. The van der Waals surface area contributed by atoms with Crippen LogP contribution < -0.4 is 5.73 Å². The molecule has 410 valence electrons. The minimum atomic E-state index is -0.220. The van der Waals surface area contributed by atoms with E-state index >= 15 is 0 Å². The van der Waals surface area contributed by atoms with E-state index in [0.717, 1.165) is 24.7 Å². The molecule has 0 bridgehead atoms.